The number of rotatable bonds is 16. The van der Waals surface area contributed by atoms with Crippen LogP contribution in [-0.4, -0.2) is 23.2 Å². The van der Waals surface area contributed by atoms with E-state index in [4.69, 9.17) is 5.11 Å². The van der Waals surface area contributed by atoms with Crippen molar-refractivity contribution >= 4 is 5.91 Å². The minimum atomic E-state index is -0.289. The molecule has 0 aliphatic heterocycles. The third-order valence-corrected chi connectivity index (χ3v) is 4.77. The standard InChI is InChI=1S/C21H39NO2/c1-2-3-4-5-6-7-8-9-10-11-12-13-14-15-16-17-21(24)22-19-18-20(19)23/h9-10,19-20,23H,2-8,11-18H2,1H3,(H,22,24)/b10-9-/t19-,20+/m1/s1. The number of unbranched alkanes of at least 4 members (excludes halogenated alkanes) is 11. The maximum absolute atomic E-state index is 11.5. The number of aliphatic hydroxyl groups is 1. The van der Waals surface area contributed by atoms with Crippen LogP contribution in [0, 0.1) is 0 Å². The van der Waals surface area contributed by atoms with Crippen molar-refractivity contribution in [2.75, 3.05) is 0 Å². The molecular weight excluding hydrogens is 298 g/mol. The summed E-state index contributed by atoms with van der Waals surface area (Å²) in [5.41, 5.74) is 0. The van der Waals surface area contributed by atoms with E-state index in [0.717, 1.165) is 19.3 Å². The highest BCUT2D eigenvalue weighted by atomic mass is 16.3. The summed E-state index contributed by atoms with van der Waals surface area (Å²) in [5, 5.41) is 12.0. The first-order chi connectivity index (χ1) is 11.7. The fourth-order valence-electron chi connectivity index (χ4n) is 2.97. The maximum Gasteiger partial charge on any atom is 0.220 e. The van der Waals surface area contributed by atoms with Crippen molar-refractivity contribution in [1.29, 1.82) is 0 Å². The minimum Gasteiger partial charge on any atom is -0.391 e. The van der Waals surface area contributed by atoms with Gasteiger partial charge in [0.2, 0.25) is 5.91 Å². The Bertz CT molecular complexity index is 341. The van der Waals surface area contributed by atoms with E-state index in [1.54, 1.807) is 0 Å². The Kier molecular flexibility index (Phi) is 12.8. The molecule has 2 atom stereocenters. The quantitative estimate of drug-likeness (QED) is 0.297. The van der Waals surface area contributed by atoms with Crippen LogP contribution in [0.15, 0.2) is 12.2 Å². The molecule has 0 aromatic carbocycles. The summed E-state index contributed by atoms with van der Waals surface area (Å²) in [6.45, 7) is 2.26. The Balaban J connectivity index is 1.74. The predicted molar refractivity (Wildman–Crippen MR) is 102 cm³/mol. The number of carbonyl (C=O) groups excluding carboxylic acids is 1. The van der Waals surface area contributed by atoms with Gasteiger partial charge in [0.25, 0.3) is 0 Å². The highest BCUT2D eigenvalue weighted by molar-refractivity contribution is 5.76. The fourth-order valence-corrected chi connectivity index (χ4v) is 2.97. The van der Waals surface area contributed by atoms with Crippen LogP contribution in [0.2, 0.25) is 0 Å². The molecule has 3 heteroatoms. The molecule has 1 aliphatic carbocycles. The fraction of sp³-hybridized carbons (Fsp3) is 0.857. The molecule has 0 aromatic heterocycles. The summed E-state index contributed by atoms with van der Waals surface area (Å²) in [4.78, 5) is 11.5. The molecule has 0 spiro atoms. The van der Waals surface area contributed by atoms with Crippen LogP contribution in [0.5, 0.6) is 0 Å². The van der Waals surface area contributed by atoms with Crippen molar-refractivity contribution in [3.05, 3.63) is 12.2 Å². The number of hydrogen-bond donors (Lipinski definition) is 2. The van der Waals surface area contributed by atoms with E-state index in [1.165, 1.54) is 70.6 Å². The zero-order chi connectivity index (χ0) is 17.5. The second-order valence-electron chi connectivity index (χ2n) is 7.31. The summed E-state index contributed by atoms with van der Waals surface area (Å²) in [6, 6.07) is 0.0422. The molecule has 1 saturated carbocycles. The molecule has 24 heavy (non-hydrogen) atoms. The highest BCUT2D eigenvalue weighted by Crippen LogP contribution is 2.20. The van der Waals surface area contributed by atoms with Gasteiger partial charge in [-0.1, -0.05) is 70.4 Å². The number of hydrogen-bond acceptors (Lipinski definition) is 2. The molecule has 1 aliphatic rings. The van der Waals surface area contributed by atoms with Gasteiger partial charge in [0, 0.05) is 6.42 Å². The largest absolute Gasteiger partial charge is 0.391 e. The SMILES string of the molecule is CCCCCCCC/C=C\CCCCCCCC(=O)N[C@@H]1C[C@@H]1O. The molecule has 0 bridgehead atoms. The zero-order valence-electron chi connectivity index (χ0n) is 15.8. The first-order valence-corrected chi connectivity index (χ1v) is 10.4. The van der Waals surface area contributed by atoms with Crippen LogP contribution in [0.25, 0.3) is 0 Å². The number of amides is 1. The van der Waals surface area contributed by atoms with Gasteiger partial charge in [-0.2, -0.15) is 0 Å². The Labute approximate surface area is 149 Å². The molecular formula is C21H39NO2. The molecule has 140 valence electrons. The molecule has 1 rings (SSSR count). The Morgan fingerprint density at radius 3 is 1.96 bits per heavy atom. The lowest BCUT2D eigenvalue weighted by atomic mass is 10.1. The first-order valence-electron chi connectivity index (χ1n) is 10.4. The van der Waals surface area contributed by atoms with E-state index in [9.17, 15) is 4.79 Å². The van der Waals surface area contributed by atoms with Crippen molar-refractivity contribution < 1.29 is 9.90 Å². The topological polar surface area (TPSA) is 49.3 Å². The molecule has 0 aromatic rings. The van der Waals surface area contributed by atoms with Gasteiger partial charge in [0.1, 0.15) is 0 Å². The van der Waals surface area contributed by atoms with Crippen molar-refractivity contribution in [3.63, 3.8) is 0 Å². The van der Waals surface area contributed by atoms with E-state index in [2.05, 4.69) is 24.4 Å². The molecule has 0 saturated heterocycles. The van der Waals surface area contributed by atoms with E-state index >= 15 is 0 Å². The summed E-state index contributed by atoms with van der Waals surface area (Å²) >= 11 is 0. The lowest BCUT2D eigenvalue weighted by molar-refractivity contribution is -0.121. The molecule has 1 fully saturated rings. The number of allylic oxidation sites excluding steroid dienone is 2. The minimum absolute atomic E-state index is 0.0422. The second kappa shape index (κ2) is 14.5. The van der Waals surface area contributed by atoms with Crippen LogP contribution < -0.4 is 5.32 Å². The molecule has 0 radical (unpaired) electrons. The summed E-state index contributed by atoms with van der Waals surface area (Å²) in [5.74, 6) is 0.106. The number of carbonyl (C=O) groups is 1. The van der Waals surface area contributed by atoms with Crippen LogP contribution in [0.4, 0.5) is 0 Å². The smallest absolute Gasteiger partial charge is 0.220 e. The van der Waals surface area contributed by atoms with Crippen LogP contribution in [0.1, 0.15) is 103 Å². The van der Waals surface area contributed by atoms with Gasteiger partial charge < -0.3 is 10.4 Å². The van der Waals surface area contributed by atoms with Gasteiger partial charge in [-0.25, -0.2) is 0 Å². The monoisotopic (exact) mass is 337 g/mol. The second-order valence-corrected chi connectivity index (χ2v) is 7.31. The molecule has 0 unspecified atom stereocenters. The molecule has 3 nitrogen and oxygen atoms in total. The molecule has 0 heterocycles. The van der Waals surface area contributed by atoms with Gasteiger partial charge in [-0.3, -0.25) is 4.79 Å². The van der Waals surface area contributed by atoms with Gasteiger partial charge in [0.05, 0.1) is 12.1 Å². The Hall–Kier alpha value is -0.830. The number of aliphatic hydroxyl groups excluding tert-OH is 1. The third kappa shape index (κ3) is 12.6. The van der Waals surface area contributed by atoms with Gasteiger partial charge in [0.15, 0.2) is 0 Å². The van der Waals surface area contributed by atoms with E-state index < -0.39 is 0 Å². The third-order valence-electron chi connectivity index (χ3n) is 4.77. The van der Waals surface area contributed by atoms with Gasteiger partial charge in [-0.05, 0) is 38.5 Å². The lowest BCUT2D eigenvalue weighted by Gasteiger charge is -2.03. The predicted octanol–water partition coefficient (Wildman–Crippen LogP) is 5.27. The van der Waals surface area contributed by atoms with E-state index in [-0.39, 0.29) is 18.1 Å². The van der Waals surface area contributed by atoms with Crippen molar-refractivity contribution in [1.82, 2.24) is 5.32 Å². The normalized spacial score (nSPS) is 19.8. The first kappa shape index (κ1) is 21.2. The van der Waals surface area contributed by atoms with E-state index in [1.807, 2.05) is 0 Å². The zero-order valence-corrected chi connectivity index (χ0v) is 15.8. The average molecular weight is 338 g/mol. The Morgan fingerprint density at radius 2 is 1.42 bits per heavy atom. The number of nitrogens with one attached hydrogen (secondary N) is 1. The Morgan fingerprint density at radius 1 is 0.917 bits per heavy atom. The van der Waals surface area contributed by atoms with E-state index in [0.29, 0.717) is 6.42 Å². The van der Waals surface area contributed by atoms with Gasteiger partial charge in [-0.15, -0.1) is 0 Å². The molecule has 1 amide bonds. The van der Waals surface area contributed by atoms with Crippen LogP contribution >= 0.6 is 0 Å². The summed E-state index contributed by atoms with van der Waals surface area (Å²) in [6.07, 6.45) is 22.4. The maximum atomic E-state index is 11.5. The summed E-state index contributed by atoms with van der Waals surface area (Å²) < 4.78 is 0. The summed E-state index contributed by atoms with van der Waals surface area (Å²) in [7, 11) is 0. The van der Waals surface area contributed by atoms with Gasteiger partial charge >= 0.3 is 0 Å². The molecule has 2 N–H and O–H groups in total. The van der Waals surface area contributed by atoms with Crippen LogP contribution in [-0.2, 0) is 4.79 Å². The van der Waals surface area contributed by atoms with Crippen molar-refractivity contribution in [3.8, 4) is 0 Å². The van der Waals surface area contributed by atoms with Crippen molar-refractivity contribution in [2.45, 2.75) is 115 Å². The highest BCUT2D eigenvalue weighted by Gasteiger charge is 2.36. The average Bonchev–Trinajstić information content (AvgIpc) is 3.25. The van der Waals surface area contributed by atoms with Crippen molar-refractivity contribution in [2.24, 2.45) is 0 Å². The lowest BCUT2D eigenvalue weighted by Crippen LogP contribution is -2.27. The van der Waals surface area contributed by atoms with Crippen LogP contribution in [0.3, 0.4) is 0 Å².